The monoisotopic (exact) mass is 382 g/mol. The van der Waals surface area contributed by atoms with Crippen LogP contribution in [0.5, 0.6) is 0 Å². The molecule has 0 aromatic heterocycles. The van der Waals surface area contributed by atoms with Gasteiger partial charge in [0.2, 0.25) is 0 Å². The van der Waals surface area contributed by atoms with Gasteiger partial charge < -0.3 is 10.2 Å². The van der Waals surface area contributed by atoms with Gasteiger partial charge in [-0.2, -0.15) is 0 Å². The van der Waals surface area contributed by atoms with E-state index in [-0.39, 0.29) is 24.4 Å². The van der Waals surface area contributed by atoms with Gasteiger partial charge in [-0.3, -0.25) is 9.59 Å². The van der Waals surface area contributed by atoms with Gasteiger partial charge in [0.25, 0.3) is 0 Å². The van der Waals surface area contributed by atoms with Crippen LogP contribution in [0.4, 0.5) is 4.39 Å². The Bertz CT molecular complexity index is 563. The summed E-state index contributed by atoms with van der Waals surface area (Å²) in [5.41, 5.74) is -2.33. The van der Waals surface area contributed by atoms with Crippen molar-refractivity contribution in [3.63, 3.8) is 0 Å². The number of allylic oxidation sites excluding steroid dienone is 4. The number of rotatable bonds is 12. The topological polar surface area (TPSA) is 74.6 Å². The summed E-state index contributed by atoms with van der Waals surface area (Å²) in [6.45, 7) is 5.65. The third kappa shape index (κ3) is 7.86. The normalized spacial score (nSPS) is 23.3. The Morgan fingerprint density at radius 3 is 2.59 bits per heavy atom. The van der Waals surface area contributed by atoms with Crippen molar-refractivity contribution in [3.8, 4) is 0 Å². The van der Waals surface area contributed by atoms with Crippen molar-refractivity contribution in [1.82, 2.24) is 0 Å². The van der Waals surface area contributed by atoms with Gasteiger partial charge >= 0.3 is 5.97 Å². The molecule has 1 saturated carbocycles. The molecule has 1 aliphatic carbocycles. The van der Waals surface area contributed by atoms with Gasteiger partial charge in [0.15, 0.2) is 0 Å². The van der Waals surface area contributed by atoms with Crippen molar-refractivity contribution in [1.29, 1.82) is 0 Å². The maximum Gasteiger partial charge on any atom is 0.303 e. The minimum atomic E-state index is -1.40. The second-order valence-electron chi connectivity index (χ2n) is 8.46. The predicted molar refractivity (Wildman–Crippen MR) is 105 cm³/mol. The zero-order valence-electron chi connectivity index (χ0n) is 17.0. The average Bonchev–Trinajstić information content (AvgIpc) is 2.96. The summed E-state index contributed by atoms with van der Waals surface area (Å²) >= 11 is 0. The number of halogens is 1. The van der Waals surface area contributed by atoms with Crippen LogP contribution in [0.3, 0.4) is 0 Å². The summed E-state index contributed by atoms with van der Waals surface area (Å²) in [6, 6.07) is 0. The number of Topliss-reactive ketones (excluding diaryl/α,β-unsaturated/α-hetero) is 1. The number of ketones is 1. The van der Waals surface area contributed by atoms with Crippen molar-refractivity contribution in [2.45, 2.75) is 90.6 Å². The summed E-state index contributed by atoms with van der Waals surface area (Å²) < 4.78 is 14.7. The number of aliphatic carboxylic acids is 1. The van der Waals surface area contributed by atoms with Gasteiger partial charge in [-0.15, -0.1) is 0 Å². The van der Waals surface area contributed by atoms with E-state index < -0.39 is 17.1 Å². The number of hydrogen-bond acceptors (Lipinski definition) is 3. The molecule has 1 fully saturated rings. The molecule has 27 heavy (non-hydrogen) atoms. The standard InChI is InChI=1S/C22H35FO4/c1-17(2)11-15-21(3,23)16-12-19(25)22(14-8-9-18(22)24)13-7-5-4-6-10-20(26)27/h5,7,12,17,25H,4,6,8-11,13-16H2,1-3H3,(H,26,27)/b7-5-,19-12+/t21?,22-/m0/s1. The highest BCUT2D eigenvalue weighted by atomic mass is 19.1. The quantitative estimate of drug-likeness (QED) is 0.249. The summed E-state index contributed by atoms with van der Waals surface area (Å²) in [5, 5.41) is 19.3. The average molecular weight is 383 g/mol. The van der Waals surface area contributed by atoms with Crippen LogP contribution >= 0.6 is 0 Å². The molecule has 0 aromatic rings. The summed E-state index contributed by atoms with van der Waals surface area (Å²) in [5.74, 6) is -0.396. The van der Waals surface area contributed by atoms with E-state index in [9.17, 15) is 19.1 Å². The zero-order valence-corrected chi connectivity index (χ0v) is 17.0. The lowest BCUT2D eigenvalue weighted by Gasteiger charge is -2.27. The highest BCUT2D eigenvalue weighted by Crippen LogP contribution is 2.44. The van der Waals surface area contributed by atoms with Gasteiger partial charge in [-0.1, -0.05) is 26.0 Å². The Kier molecular flexibility index (Phi) is 9.20. The van der Waals surface area contributed by atoms with Crippen molar-refractivity contribution in [2.24, 2.45) is 11.3 Å². The van der Waals surface area contributed by atoms with E-state index in [0.29, 0.717) is 44.4 Å². The van der Waals surface area contributed by atoms with Crippen LogP contribution in [0, 0.1) is 11.3 Å². The lowest BCUT2D eigenvalue weighted by molar-refractivity contribution is -0.137. The Hall–Kier alpha value is -1.65. The maximum atomic E-state index is 14.7. The van der Waals surface area contributed by atoms with E-state index >= 15 is 0 Å². The molecule has 4 nitrogen and oxygen atoms in total. The van der Waals surface area contributed by atoms with Crippen LogP contribution < -0.4 is 0 Å². The van der Waals surface area contributed by atoms with E-state index in [2.05, 4.69) is 13.8 Å². The Morgan fingerprint density at radius 2 is 2.04 bits per heavy atom. The Morgan fingerprint density at radius 1 is 1.33 bits per heavy atom. The van der Waals surface area contributed by atoms with E-state index in [1.165, 1.54) is 6.08 Å². The minimum Gasteiger partial charge on any atom is -0.512 e. The van der Waals surface area contributed by atoms with Crippen molar-refractivity contribution >= 4 is 11.8 Å². The van der Waals surface area contributed by atoms with Gasteiger partial charge in [-0.25, -0.2) is 4.39 Å². The number of unbranched alkanes of at least 4 members (excludes halogenated alkanes) is 1. The van der Waals surface area contributed by atoms with E-state index in [1.807, 2.05) is 12.2 Å². The number of carbonyl (C=O) groups excluding carboxylic acids is 1. The number of alkyl halides is 1. The second-order valence-corrected chi connectivity index (χ2v) is 8.46. The van der Waals surface area contributed by atoms with Gasteiger partial charge in [0, 0.05) is 19.3 Å². The smallest absolute Gasteiger partial charge is 0.303 e. The summed E-state index contributed by atoms with van der Waals surface area (Å²) in [7, 11) is 0. The molecular weight excluding hydrogens is 347 g/mol. The van der Waals surface area contributed by atoms with E-state index in [1.54, 1.807) is 6.92 Å². The SMILES string of the molecule is CC(C)CCC(C)(F)C/C=C(/O)[C@@]1(C/C=C\CCCC(=O)O)CCCC1=O. The molecule has 5 heteroatoms. The molecule has 0 amide bonds. The Labute approximate surface area is 162 Å². The van der Waals surface area contributed by atoms with Crippen LogP contribution in [-0.4, -0.2) is 27.6 Å². The minimum absolute atomic E-state index is 0.00592. The number of hydrogen-bond donors (Lipinski definition) is 2. The number of carboxylic acid groups (broad SMARTS) is 1. The molecule has 2 N–H and O–H groups in total. The molecule has 1 aliphatic rings. The first-order valence-corrected chi connectivity index (χ1v) is 10.1. The molecular formula is C22H35FO4. The third-order valence-electron chi connectivity index (χ3n) is 5.39. The maximum absolute atomic E-state index is 14.7. The number of aliphatic hydroxyl groups is 1. The molecule has 154 valence electrons. The zero-order chi connectivity index (χ0) is 20.5. The van der Waals surface area contributed by atoms with E-state index in [4.69, 9.17) is 5.11 Å². The number of carboxylic acids is 1. The molecule has 2 atom stereocenters. The molecule has 1 rings (SSSR count). The van der Waals surface area contributed by atoms with Crippen molar-refractivity contribution in [2.75, 3.05) is 0 Å². The summed E-state index contributed by atoms with van der Waals surface area (Å²) in [6.07, 6.45) is 9.94. The highest BCUT2D eigenvalue weighted by molar-refractivity contribution is 5.89. The first-order chi connectivity index (χ1) is 12.6. The van der Waals surface area contributed by atoms with Crippen LogP contribution in [0.2, 0.25) is 0 Å². The highest BCUT2D eigenvalue weighted by Gasteiger charge is 2.44. The largest absolute Gasteiger partial charge is 0.512 e. The number of aliphatic hydroxyl groups excluding tert-OH is 1. The number of carbonyl (C=O) groups is 2. The van der Waals surface area contributed by atoms with Crippen LogP contribution in [0.25, 0.3) is 0 Å². The van der Waals surface area contributed by atoms with Gasteiger partial charge in [0.05, 0.1) is 5.41 Å². The molecule has 0 radical (unpaired) electrons. The third-order valence-corrected chi connectivity index (χ3v) is 5.39. The molecule has 0 heterocycles. The Balaban J connectivity index is 2.73. The molecule has 0 aromatic carbocycles. The fourth-order valence-corrected chi connectivity index (χ4v) is 3.49. The predicted octanol–water partition coefficient (Wildman–Crippen LogP) is 5.92. The fourth-order valence-electron chi connectivity index (χ4n) is 3.49. The van der Waals surface area contributed by atoms with Crippen LogP contribution in [0.1, 0.15) is 85.0 Å². The van der Waals surface area contributed by atoms with Crippen LogP contribution in [0.15, 0.2) is 24.0 Å². The molecule has 1 unspecified atom stereocenters. The first-order valence-electron chi connectivity index (χ1n) is 10.1. The molecule has 0 spiro atoms. The summed E-state index contributed by atoms with van der Waals surface area (Å²) in [4.78, 5) is 23.0. The fraction of sp³-hybridized carbons (Fsp3) is 0.727. The molecule has 0 saturated heterocycles. The van der Waals surface area contributed by atoms with Crippen molar-refractivity contribution in [3.05, 3.63) is 24.0 Å². The lowest BCUT2D eigenvalue weighted by atomic mass is 9.78. The second kappa shape index (κ2) is 10.6. The van der Waals surface area contributed by atoms with Gasteiger partial charge in [-0.05, 0) is 63.9 Å². The van der Waals surface area contributed by atoms with Gasteiger partial charge in [0.1, 0.15) is 17.2 Å². The molecule has 0 aliphatic heterocycles. The van der Waals surface area contributed by atoms with Crippen molar-refractivity contribution < 1.29 is 24.2 Å². The lowest BCUT2D eigenvalue weighted by Crippen LogP contribution is -2.28. The van der Waals surface area contributed by atoms with E-state index in [0.717, 1.165) is 12.8 Å². The molecule has 0 bridgehead atoms. The van der Waals surface area contributed by atoms with Crippen LogP contribution in [-0.2, 0) is 9.59 Å². The first kappa shape index (κ1) is 23.4.